The van der Waals surface area contributed by atoms with E-state index in [-0.39, 0.29) is 18.0 Å². The molecule has 1 saturated heterocycles. The molecule has 2 aliphatic rings. The maximum absolute atomic E-state index is 14.5. The summed E-state index contributed by atoms with van der Waals surface area (Å²) in [7, 11) is 0. The molecule has 3 amide bonds. The van der Waals surface area contributed by atoms with Crippen LogP contribution in [0, 0.1) is 18.6 Å². The predicted molar refractivity (Wildman–Crippen MR) is 139 cm³/mol. The number of hydrogen-bond acceptors (Lipinski definition) is 3. The predicted octanol–water partition coefficient (Wildman–Crippen LogP) is 6.38. The molecule has 5 rings (SSSR count). The van der Waals surface area contributed by atoms with E-state index in [2.05, 4.69) is 19.2 Å². The summed E-state index contributed by atoms with van der Waals surface area (Å²) >= 11 is 1.37. The van der Waals surface area contributed by atoms with Crippen LogP contribution < -0.4 is 10.2 Å². The summed E-state index contributed by atoms with van der Waals surface area (Å²) in [4.78, 5) is 29.2. The standard InChI is InChI=1S/C28H27F2N3O2S/c1-17(2)19-8-10-20(11-9-19)31-27(35)33-13-14-36-28(33)22-15-18(3)7-12-25(22)32(26(28)34)16-21-23(29)5-4-6-24(21)30/h4-12,15,17H,13-14,16H2,1-3H3,(H,31,35). The van der Waals surface area contributed by atoms with E-state index in [1.165, 1.54) is 34.9 Å². The van der Waals surface area contributed by atoms with Crippen LogP contribution in [0.1, 0.15) is 42.0 Å². The summed E-state index contributed by atoms with van der Waals surface area (Å²) in [6, 6.07) is 16.4. The van der Waals surface area contributed by atoms with Crippen molar-refractivity contribution in [3.63, 3.8) is 0 Å². The molecule has 0 aromatic heterocycles. The summed E-state index contributed by atoms with van der Waals surface area (Å²) < 4.78 is 29.0. The number of rotatable bonds is 4. The second kappa shape index (κ2) is 9.24. The molecule has 0 radical (unpaired) electrons. The van der Waals surface area contributed by atoms with Gasteiger partial charge in [-0.1, -0.05) is 49.7 Å². The molecule has 0 aliphatic carbocycles. The van der Waals surface area contributed by atoms with Crippen molar-refractivity contribution in [1.29, 1.82) is 0 Å². The summed E-state index contributed by atoms with van der Waals surface area (Å²) in [5.41, 5.74) is 3.76. The van der Waals surface area contributed by atoms with Gasteiger partial charge in [-0.05, 0) is 48.7 Å². The molecule has 3 aromatic carbocycles. The third-order valence-electron chi connectivity index (χ3n) is 6.80. The maximum atomic E-state index is 14.5. The van der Waals surface area contributed by atoms with Gasteiger partial charge in [0.15, 0.2) is 4.87 Å². The zero-order chi connectivity index (χ0) is 25.6. The zero-order valence-corrected chi connectivity index (χ0v) is 21.2. The number of amides is 3. The average Bonchev–Trinajstić information content (AvgIpc) is 3.38. The molecular formula is C28H27F2N3O2S. The van der Waals surface area contributed by atoms with Crippen molar-refractivity contribution in [2.24, 2.45) is 0 Å². The Kier molecular flexibility index (Phi) is 6.24. The minimum Gasteiger partial charge on any atom is -0.308 e. The molecule has 0 saturated carbocycles. The number of hydrogen-bond donors (Lipinski definition) is 1. The van der Waals surface area contributed by atoms with Crippen LogP contribution >= 0.6 is 11.8 Å². The lowest BCUT2D eigenvalue weighted by Crippen LogP contribution is -2.51. The van der Waals surface area contributed by atoms with Gasteiger partial charge in [0.2, 0.25) is 0 Å². The topological polar surface area (TPSA) is 52.7 Å². The third kappa shape index (κ3) is 3.93. The van der Waals surface area contributed by atoms with Crippen LogP contribution in [0.5, 0.6) is 0 Å². The van der Waals surface area contributed by atoms with Crippen LogP contribution in [0.4, 0.5) is 25.0 Å². The lowest BCUT2D eigenvalue weighted by Gasteiger charge is -2.33. The van der Waals surface area contributed by atoms with E-state index in [1.807, 2.05) is 43.3 Å². The first kappa shape index (κ1) is 24.3. The Bertz CT molecular complexity index is 1320. The highest BCUT2D eigenvalue weighted by Crippen LogP contribution is 2.54. The van der Waals surface area contributed by atoms with Crippen molar-refractivity contribution in [3.05, 3.63) is 94.6 Å². The molecule has 1 spiro atoms. The number of nitrogens with one attached hydrogen (secondary N) is 1. The Morgan fingerprint density at radius 3 is 2.44 bits per heavy atom. The molecule has 2 heterocycles. The van der Waals surface area contributed by atoms with Crippen LogP contribution in [0.3, 0.4) is 0 Å². The van der Waals surface area contributed by atoms with Crippen LogP contribution in [0.15, 0.2) is 60.7 Å². The number of anilines is 2. The van der Waals surface area contributed by atoms with Crippen molar-refractivity contribution in [1.82, 2.24) is 4.90 Å². The summed E-state index contributed by atoms with van der Waals surface area (Å²) in [5.74, 6) is -0.875. The number of fused-ring (bicyclic) bond motifs is 2. The van der Waals surface area contributed by atoms with Crippen molar-refractivity contribution >= 4 is 35.1 Å². The highest BCUT2D eigenvalue weighted by atomic mass is 32.2. The monoisotopic (exact) mass is 507 g/mol. The quantitative estimate of drug-likeness (QED) is 0.446. The molecule has 5 nitrogen and oxygen atoms in total. The molecule has 2 aliphatic heterocycles. The second-order valence-corrected chi connectivity index (χ2v) is 10.8. The van der Waals surface area contributed by atoms with Crippen molar-refractivity contribution in [2.45, 2.75) is 38.1 Å². The number of carbonyl (C=O) groups excluding carboxylic acids is 2. The first-order valence-corrected chi connectivity index (χ1v) is 12.9. The molecule has 186 valence electrons. The van der Waals surface area contributed by atoms with Gasteiger partial charge in [-0.15, -0.1) is 11.8 Å². The van der Waals surface area contributed by atoms with Gasteiger partial charge in [-0.25, -0.2) is 13.6 Å². The van der Waals surface area contributed by atoms with Crippen LogP contribution in [-0.4, -0.2) is 29.1 Å². The summed E-state index contributed by atoms with van der Waals surface area (Å²) in [6.07, 6.45) is 0. The van der Waals surface area contributed by atoms with E-state index in [9.17, 15) is 18.4 Å². The van der Waals surface area contributed by atoms with Gasteiger partial charge in [-0.2, -0.15) is 0 Å². The lowest BCUT2D eigenvalue weighted by atomic mass is 10.0. The SMILES string of the molecule is Cc1ccc2c(c1)C1(SCCN1C(=O)Nc1ccc(C(C)C)cc1)C(=O)N2Cc1c(F)cccc1F. The number of thioether (sulfide) groups is 1. The van der Waals surface area contributed by atoms with Crippen LogP contribution in [0.2, 0.25) is 0 Å². The van der Waals surface area contributed by atoms with Gasteiger partial charge in [0, 0.05) is 29.1 Å². The van der Waals surface area contributed by atoms with Gasteiger partial charge in [-0.3, -0.25) is 9.69 Å². The molecule has 0 bridgehead atoms. The van der Waals surface area contributed by atoms with Crippen molar-refractivity contribution < 1.29 is 18.4 Å². The molecule has 1 fully saturated rings. The van der Waals surface area contributed by atoms with Gasteiger partial charge in [0.05, 0.1) is 12.2 Å². The number of halogens is 2. The van der Waals surface area contributed by atoms with Gasteiger partial charge in [0.25, 0.3) is 5.91 Å². The van der Waals surface area contributed by atoms with E-state index >= 15 is 0 Å². The highest BCUT2D eigenvalue weighted by Gasteiger charge is 2.59. The number of urea groups is 1. The number of nitrogens with zero attached hydrogens (tertiary/aromatic N) is 2. The van der Waals surface area contributed by atoms with Crippen molar-refractivity contribution in [3.8, 4) is 0 Å². The zero-order valence-electron chi connectivity index (χ0n) is 20.3. The Hall–Kier alpha value is -3.39. The number of benzene rings is 3. The molecular weight excluding hydrogens is 480 g/mol. The Morgan fingerprint density at radius 2 is 1.78 bits per heavy atom. The molecule has 1 N–H and O–H groups in total. The molecule has 1 atom stereocenters. The van der Waals surface area contributed by atoms with Crippen LogP contribution in [0.25, 0.3) is 0 Å². The normalized spacial score (nSPS) is 18.9. The Balaban J connectivity index is 1.51. The summed E-state index contributed by atoms with van der Waals surface area (Å²) in [5, 5.41) is 2.93. The Morgan fingerprint density at radius 1 is 1.08 bits per heavy atom. The Labute approximate surface area is 213 Å². The summed E-state index contributed by atoms with van der Waals surface area (Å²) in [6.45, 7) is 6.22. The van der Waals surface area contributed by atoms with E-state index < -0.39 is 22.5 Å². The highest BCUT2D eigenvalue weighted by molar-refractivity contribution is 8.01. The fraction of sp³-hybridized carbons (Fsp3) is 0.286. The minimum atomic E-state index is -1.30. The van der Waals surface area contributed by atoms with Gasteiger partial charge < -0.3 is 10.2 Å². The third-order valence-corrected chi connectivity index (χ3v) is 8.22. The van der Waals surface area contributed by atoms with E-state index in [1.54, 1.807) is 11.0 Å². The minimum absolute atomic E-state index is 0.182. The second-order valence-electron chi connectivity index (χ2n) is 9.46. The van der Waals surface area contributed by atoms with Gasteiger partial charge in [0.1, 0.15) is 11.6 Å². The van der Waals surface area contributed by atoms with E-state index in [0.717, 1.165) is 11.1 Å². The van der Waals surface area contributed by atoms with E-state index in [0.29, 0.717) is 35.2 Å². The lowest BCUT2D eigenvalue weighted by molar-refractivity contribution is -0.123. The number of carbonyl (C=O) groups is 2. The maximum Gasteiger partial charge on any atom is 0.323 e. The smallest absolute Gasteiger partial charge is 0.308 e. The molecule has 36 heavy (non-hydrogen) atoms. The largest absolute Gasteiger partial charge is 0.323 e. The van der Waals surface area contributed by atoms with Crippen molar-refractivity contribution in [2.75, 3.05) is 22.5 Å². The molecule has 1 unspecified atom stereocenters. The van der Waals surface area contributed by atoms with E-state index in [4.69, 9.17) is 0 Å². The molecule has 3 aromatic rings. The fourth-order valence-corrected chi connectivity index (χ4v) is 6.32. The number of aryl methyl sites for hydroxylation is 1. The first-order valence-electron chi connectivity index (χ1n) is 11.9. The first-order chi connectivity index (χ1) is 17.2. The van der Waals surface area contributed by atoms with Crippen LogP contribution in [-0.2, 0) is 16.2 Å². The molecule has 8 heteroatoms. The average molecular weight is 508 g/mol. The van der Waals surface area contributed by atoms with Gasteiger partial charge >= 0.3 is 6.03 Å². The fourth-order valence-electron chi connectivity index (χ4n) is 4.87.